The Bertz CT molecular complexity index is 706. The van der Waals surface area contributed by atoms with E-state index in [9.17, 15) is 4.39 Å². The van der Waals surface area contributed by atoms with Gasteiger partial charge in [-0.3, -0.25) is 4.99 Å². The Morgan fingerprint density at radius 1 is 1.23 bits per heavy atom. The second kappa shape index (κ2) is 12.1. The molecule has 0 bridgehead atoms. The van der Waals surface area contributed by atoms with Crippen LogP contribution in [0.2, 0.25) is 0 Å². The van der Waals surface area contributed by atoms with Crippen LogP contribution in [0.15, 0.2) is 27.6 Å². The Morgan fingerprint density at radius 2 is 2.04 bits per heavy atom. The Kier molecular flexibility index (Phi) is 10.5. The van der Waals surface area contributed by atoms with E-state index in [1.54, 1.807) is 20.2 Å². The van der Waals surface area contributed by atoms with Gasteiger partial charge in [0.2, 0.25) is 0 Å². The van der Waals surface area contributed by atoms with Gasteiger partial charge in [-0.15, -0.1) is 24.0 Å². The Hall–Kier alpha value is -1.39. The summed E-state index contributed by atoms with van der Waals surface area (Å²) in [6, 6.07) is 4.55. The maximum atomic E-state index is 13.4. The smallest absolute Gasteiger partial charge is 0.191 e. The summed E-state index contributed by atoms with van der Waals surface area (Å²) in [6.07, 6.45) is 0.868. The van der Waals surface area contributed by atoms with Crippen LogP contribution in [-0.4, -0.2) is 46.5 Å². The van der Waals surface area contributed by atoms with Crippen molar-refractivity contribution in [3.63, 3.8) is 0 Å². The van der Waals surface area contributed by atoms with E-state index in [0.717, 1.165) is 29.7 Å². The second-order valence-corrected chi connectivity index (χ2v) is 5.60. The molecule has 0 spiro atoms. The summed E-state index contributed by atoms with van der Waals surface area (Å²) < 4.78 is 29.5. The van der Waals surface area contributed by atoms with Gasteiger partial charge in [-0.2, -0.15) is 0 Å². The highest BCUT2D eigenvalue weighted by Gasteiger charge is 2.11. The van der Waals surface area contributed by atoms with Crippen LogP contribution in [-0.2, 0) is 16.0 Å². The number of ether oxygens (including phenoxy) is 2. The van der Waals surface area contributed by atoms with Gasteiger partial charge in [0.15, 0.2) is 5.96 Å². The first-order chi connectivity index (χ1) is 12.2. The minimum atomic E-state index is -0.263. The molecule has 0 aliphatic heterocycles. The molecule has 1 aromatic carbocycles. The van der Waals surface area contributed by atoms with Crippen LogP contribution in [0, 0.1) is 12.7 Å². The van der Waals surface area contributed by atoms with E-state index in [1.165, 1.54) is 12.1 Å². The summed E-state index contributed by atoms with van der Waals surface area (Å²) in [5.41, 5.74) is 1.62. The topological polar surface area (TPSA) is 68.0 Å². The molecule has 146 valence electrons. The Morgan fingerprint density at radius 3 is 2.77 bits per heavy atom. The highest BCUT2D eigenvalue weighted by molar-refractivity contribution is 14.0. The monoisotopic (exact) mass is 479 g/mol. The maximum absolute atomic E-state index is 13.4. The highest BCUT2D eigenvalue weighted by atomic mass is 127. The van der Waals surface area contributed by atoms with Crippen molar-refractivity contribution < 1.29 is 18.3 Å². The first-order valence-electron chi connectivity index (χ1n) is 8.34. The highest BCUT2D eigenvalue weighted by Crippen LogP contribution is 2.25. The molecule has 1 heterocycles. The Balaban J connectivity index is 0.00000338. The fourth-order valence-electron chi connectivity index (χ4n) is 2.42. The molecule has 0 saturated carbocycles. The molecule has 8 heteroatoms. The van der Waals surface area contributed by atoms with Crippen molar-refractivity contribution in [1.82, 2.24) is 10.6 Å². The number of aliphatic imine (C=N–C) groups is 1. The zero-order chi connectivity index (χ0) is 18.1. The number of furan rings is 1. The molecule has 0 fully saturated rings. The van der Waals surface area contributed by atoms with Crippen LogP contribution in [0.3, 0.4) is 0 Å². The lowest BCUT2D eigenvalue weighted by Gasteiger charge is -2.11. The van der Waals surface area contributed by atoms with Crippen molar-refractivity contribution in [2.24, 2.45) is 4.99 Å². The fourth-order valence-corrected chi connectivity index (χ4v) is 2.42. The predicted molar refractivity (Wildman–Crippen MR) is 112 cm³/mol. The molecule has 0 aliphatic carbocycles. The van der Waals surface area contributed by atoms with Crippen molar-refractivity contribution in [1.29, 1.82) is 0 Å². The van der Waals surface area contributed by atoms with Gasteiger partial charge in [-0.05, 0) is 31.5 Å². The molecule has 0 unspecified atom stereocenters. The zero-order valence-corrected chi connectivity index (χ0v) is 17.8. The minimum Gasteiger partial charge on any atom is -0.459 e. The van der Waals surface area contributed by atoms with Gasteiger partial charge in [0, 0.05) is 38.3 Å². The summed E-state index contributed by atoms with van der Waals surface area (Å²) >= 11 is 0. The summed E-state index contributed by atoms with van der Waals surface area (Å²) in [5.74, 6) is 1.19. The first-order valence-corrected chi connectivity index (χ1v) is 8.34. The number of hydrogen-bond acceptors (Lipinski definition) is 4. The molecule has 0 radical (unpaired) electrons. The number of nitrogens with one attached hydrogen (secondary N) is 2. The van der Waals surface area contributed by atoms with Gasteiger partial charge < -0.3 is 24.5 Å². The van der Waals surface area contributed by atoms with Crippen LogP contribution in [0.1, 0.15) is 17.7 Å². The van der Waals surface area contributed by atoms with E-state index in [0.29, 0.717) is 37.9 Å². The second-order valence-electron chi connectivity index (χ2n) is 5.60. The van der Waals surface area contributed by atoms with Gasteiger partial charge in [-0.1, -0.05) is 0 Å². The number of halogens is 2. The van der Waals surface area contributed by atoms with E-state index < -0.39 is 0 Å². The average Bonchev–Trinajstić information content (AvgIpc) is 2.92. The number of methoxy groups -OCH3 is 1. The largest absolute Gasteiger partial charge is 0.459 e. The molecular weight excluding hydrogens is 452 g/mol. The van der Waals surface area contributed by atoms with E-state index in [1.807, 2.05) is 6.92 Å². The SMILES string of the molecule is CN=C(NCCCOCCOC)NCc1oc2ccc(F)cc2c1C.I. The molecule has 2 aromatic rings. The van der Waals surface area contributed by atoms with Crippen LogP contribution in [0.25, 0.3) is 11.0 Å². The Labute approximate surface area is 170 Å². The van der Waals surface area contributed by atoms with Crippen LogP contribution < -0.4 is 10.6 Å². The summed E-state index contributed by atoms with van der Waals surface area (Å²) in [5, 5.41) is 7.22. The standard InChI is InChI=1S/C18H26FN3O3.HI/c1-13-15-11-14(19)5-6-16(15)25-17(13)12-22-18(20-2)21-7-4-8-24-10-9-23-3;/h5-6,11H,4,7-10,12H2,1-3H3,(H2,20,21,22);1H. The van der Waals surface area contributed by atoms with Crippen molar-refractivity contribution in [2.45, 2.75) is 19.9 Å². The quantitative estimate of drug-likeness (QED) is 0.250. The fraction of sp³-hybridized carbons (Fsp3) is 0.500. The van der Waals surface area contributed by atoms with Crippen molar-refractivity contribution in [2.75, 3.05) is 40.5 Å². The summed E-state index contributed by atoms with van der Waals surface area (Å²) in [4.78, 5) is 4.18. The predicted octanol–water partition coefficient (Wildman–Crippen LogP) is 3.22. The average molecular weight is 479 g/mol. The van der Waals surface area contributed by atoms with Crippen molar-refractivity contribution >= 4 is 40.9 Å². The third-order valence-corrected chi connectivity index (χ3v) is 3.83. The molecule has 26 heavy (non-hydrogen) atoms. The van der Waals surface area contributed by atoms with Gasteiger partial charge in [-0.25, -0.2) is 4.39 Å². The number of aryl methyl sites for hydroxylation is 1. The summed E-state index contributed by atoms with van der Waals surface area (Å²) in [7, 11) is 3.37. The van der Waals surface area contributed by atoms with Gasteiger partial charge >= 0.3 is 0 Å². The van der Waals surface area contributed by atoms with Gasteiger partial charge in [0.05, 0.1) is 19.8 Å². The molecule has 6 nitrogen and oxygen atoms in total. The lowest BCUT2D eigenvalue weighted by atomic mass is 10.1. The number of benzene rings is 1. The van der Waals surface area contributed by atoms with E-state index in [2.05, 4.69) is 15.6 Å². The molecule has 0 atom stereocenters. The van der Waals surface area contributed by atoms with Gasteiger partial charge in [0.25, 0.3) is 0 Å². The zero-order valence-electron chi connectivity index (χ0n) is 15.4. The molecule has 0 aliphatic rings. The number of nitrogens with zero attached hydrogens (tertiary/aromatic N) is 1. The molecule has 2 N–H and O–H groups in total. The van der Waals surface area contributed by atoms with Crippen molar-refractivity contribution in [3.05, 3.63) is 35.3 Å². The first kappa shape index (κ1) is 22.7. The number of rotatable bonds is 9. The number of guanidine groups is 1. The van der Waals surface area contributed by atoms with Crippen LogP contribution in [0.5, 0.6) is 0 Å². The lowest BCUT2D eigenvalue weighted by molar-refractivity contribution is 0.0698. The molecule has 1 aromatic heterocycles. The van der Waals surface area contributed by atoms with Crippen LogP contribution >= 0.6 is 24.0 Å². The van der Waals surface area contributed by atoms with Gasteiger partial charge in [0.1, 0.15) is 17.2 Å². The van der Waals surface area contributed by atoms with E-state index in [4.69, 9.17) is 13.9 Å². The lowest BCUT2D eigenvalue weighted by Crippen LogP contribution is -2.37. The normalized spacial score (nSPS) is 11.5. The molecular formula is C18H27FIN3O3. The van der Waals surface area contributed by atoms with Crippen molar-refractivity contribution in [3.8, 4) is 0 Å². The van der Waals surface area contributed by atoms with E-state index >= 15 is 0 Å². The molecule has 0 amide bonds. The third kappa shape index (κ3) is 6.73. The third-order valence-electron chi connectivity index (χ3n) is 3.83. The molecule has 2 rings (SSSR count). The number of fused-ring (bicyclic) bond motifs is 1. The maximum Gasteiger partial charge on any atom is 0.191 e. The van der Waals surface area contributed by atoms with Crippen LogP contribution in [0.4, 0.5) is 4.39 Å². The molecule has 0 saturated heterocycles. The van der Waals surface area contributed by atoms with E-state index in [-0.39, 0.29) is 29.8 Å². The summed E-state index contributed by atoms with van der Waals surface area (Å²) in [6.45, 7) is 5.04. The number of hydrogen-bond donors (Lipinski definition) is 2. The minimum absolute atomic E-state index is 0.